The second-order valence-electron chi connectivity index (χ2n) is 5.70. The first kappa shape index (κ1) is 12.6. The fourth-order valence-electron chi connectivity index (χ4n) is 3.38. The van der Waals surface area contributed by atoms with Crippen molar-refractivity contribution >= 4 is 15.9 Å². The van der Waals surface area contributed by atoms with Gasteiger partial charge in [0.1, 0.15) is 5.82 Å². The maximum atomic E-state index is 13.8. The molecule has 18 heavy (non-hydrogen) atoms. The van der Waals surface area contributed by atoms with Crippen molar-refractivity contribution in [3.8, 4) is 0 Å². The summed E-state index contributed by atoms with van der Waals surface area (Å²) >= 11 is 3.28. The van der Waals surface area contributed by atoms with Crippen LogP contribution in [0.4, 0.5) is 4.39 Å². The van der Waals surface area contributed by atoms with Crippen LogP contribution in [0.1, 0.15) is 24.8 Å². The number of rotatable bonds is 4. The summed E-state index contributed by atoms with van der Waals surface area (Å²) in [6.45, 7) is 0. The van der Waals surface area contributed by atoms with E-state index in [4.69, 9.17) is 5.84 Å². The van der Waals surface area contributed by atoms with Crippen LogP contribution in [0.3, 0.4) is 0 Å². The summed E-state index contributed by atoms with van der Waals surface area (Å²) in [5, 5.41) is 0. The fraction of sp³-hybridized carbons (Fsp3) is 0.571. The van der Waals surface area contributed by atoms with Gasteiger partial charge >= 0.3 is 0 Å². The predicted molar refractivity (Wildman–Crippen MR) is 73.2 cm³/mol. The minimum Gasteiger partial charge on any atom is -0.271 e. The molecule has 3 rings (SSSR count). The molecule has 1 aromatic carbocycles. The molecule has 3 unspecified atom stereocenters. The Kier molecular flexibility index (Phi) is 3.43. The molecule has 2 aliphatic rings. The van der Waals surface area contributed by atoms with Crippen molar-refractivity contribution in [3.63, 3.8) is 0 Å². The number of nitrogens with two attached hydrogens (primary N) is 1. The molecule has 0 aromatic heterocycles. The fourth-order valence-corrected chi connectivity index (χ4v) is 3.71. The zero-order valence-electron chi connectivity index (χ0n) is 10.2. The quantitative estimate of drug-likeness (QED) is 0.662. The van der Waals surface area contributed by atoms with Crippen molar-refractivity contribution in [2.24, 2.45) is 23.6 Å². The van der Waals surface area contributed by atoms with Crippen molar-refractivity contribution in [1.82, 2.24) is 5.43 Å². The molecule has 0 bridgehead atoms. The molecule has 0 saturated heterocycles. The van der Waals surface area contributed by atoms with Crippen LogP contribution in [-0.2, 0) is 6.42 Å². The molecule has 2 nitrogen and oxygen atoms in total. The van der Waals surface area contributed by atoms with Crippen molar-refractivity contribution < 1.29 is 4.39 Å². The molecular weight excluding hydrogens is 295 g/mol. The van der Waals surface area contributed by atoms with E-state index < -0.39 is 0 Å². The minimum atomic E-state index is -0.146. The molecule has 0 heterocycles. The number of nitrogens with one attached hydrogen (secondary N) is 1. The highest BCUT2D eigenvalue weighted by molar-refractivity contribution is 9.10. The van der Waals surface area contributed by atoms with Crippen LogP contribution in [0.5, 0.6) is 0 Å². The van der Waals surface area contributed by atoms with Crippen molar-refractivity contribution in [2.75, 3.05) is 0 Å². The molecule has 3 atom stereocenters. The van der Waals surface area contributed by atoms with Crippen molar-refractivity contribution in [1.29, 1.82) is 0 Å². The van der Waals surface area contributed by atoms with Gasteiger partial charge in [0.2, 0.25) is 0 Å². The van der Waals surface area contributed by atoms with Gasteiger partial charge in [-0.05, 0) is 61.1 Å². The Morgan fingerprint density at radius 3 is 2.67 bits per heavy atom. The lowest BCUT2D eigenvalue weighted by Gasteiger charge is -2.24. The molecular formula is C14H18BrFN2. The van der Waals surface area contributed by atoms with Gasteiger partial charge in [0.25, 0.3) is 0 Å². The van der Waals surface area contributed by atoms with E-state index >= 15 is 0 Å². The van der Waals surface area contributed by atoms with Crippen molar-refractivity contribution in [3.05, 3.63) is 34.1 Å². The smallest absolute Gasteiger partial charge is 0.127 e. The summed E-state index contributed by atoms with van der Waals surface area (Å²) in [6, 6.07) is 5.46. The highest BCUT2D eigenvalue weighted by Crippen LogP contribution is 2.55. The topological polar surface area (TPSA) is 38.0 Å². The Labute approximate surface area is 115 Å². The number of benzene rings is 1. The highest BCUT2D eigenvalue weighted by Gasteiger charge is 2.47. The van der Waals surface area contributed by atoms with Crippen molar-refractivity contribution in [2.45, 2.75) is 31.7 Å². The van der Waals surface area contributed by atoms with E-state index in [1.807, 2.05) is 12.1 Å². The summed E-state index contributed by atoms with van der Waals surface area (Å²) in [4.78, 5) is 0. The Bertz CT molecular complexity index is 441. The summed E-state index contributed by atoms with van der Waals surface area (Å²) in [6.07, 6.45) is 4.61. The molecule has 0 amide bonds. The molecule has 1 aromatic rings. The minimum absolute atomic E-state index is 0.146. The van der Waals surface area contributed by atoms with Gasteiger partial charge in [-0.3, -0.25) is 11.3 Å². The first-order valence-corrected chi connectivity index (χ1v) is 7.36. The third kappa shape index (κ3) is 2.46. The maximum absolute atomic E-state index is 13.8. The van der Waals surface area contributed by atoms with Crippen LogP contribution < -0.4 is 11.3 Å². The number of hydrogen-bond acceptors (Lipinski definition) is 2. The Hall–Kier alpha value is -0.450. The Balaban J connectivity index is 1.69. The zero-order valence-corrected chi connectivity index (χ0v) is 11.8. The largest absolute Gasteiger partial charge is 0.271 e. The van der Waals surface area contributed by atoms with E-state index in [9.17, 15) is 4.39 Å². The molecule has 98 valence electrons. The van der Waals surface area contributed by atoms with Gasteiger partial charge in [0.05, 0.1) is 0 Å². The second kappa shape index (κ2) is 4.91. The maximum Gasteiger partial charge on any atom is 0.127 e. The third-order valence-corrected chi connectivity index (χ3v) is 5.01. The highest BCUT2D eigenvalue weighted by atomic mass is 79.9. The third-order valence-electron chi connectivity index (χ3n) is 4.52. The van der Waals surface area contributed by atoms with Crippen LogP contribution in [0, 0.1) is 23.6 Å². The Morgan fingerprint density at radius 2 is 2.06 bits per heavy atom. The molecule has 0 radical (unpaired) electrons. The van der Waals surface area contributed by atoms with E-state index in [2.05, 4.69) is 21.4 Å². The van der Waals surface area contributed by atoms with Crippen LogP contribution in [-0.4, -0.2) is 6.04 Å². The first-order valence-electron chi connectivity index (χ1n) is 6.57. The van der Waals surface area contributed by atoms with E-state index in [0.29, 0.717) is 12.3 Å². The monoisotopic (exact) mass is 312 g/mol. The molecule has 0 spiro atoms. The van der Waals surface area contributed by atoms with Crippen LogP contribution in [0.2, 0.25) is 0 Å². The van der Waals surface area contributed by atoms with E-state index in [1.54, 1.807) is 0 Å². The summed E-state index contributed by atoms with van der Waals surface area (Å²) in [5.74, 6) is 7.99. The summed E-state index contributed by atoms with van der Waals surface area (Å²) in [7, 11) is 0. The predicted octanol–water partition coefficient (Wildman–Crippen LogP) is 3.01. The summed E-state index contributed by atoms with van der Waals surface area (Å²) in [5.41, 5.74) is 3.65. The average molecular weight is 313 g/mol. The van der Waals surface area contributed by atoms with E-state index in [1.165, 1.54) is 25.3 Å². The van der Waals surface area contributed by atoms with Crippen LogP contribution >= 0.6 is 15.9 Å². The van der Waals surface area contributed by atoms with Gasteiger partial charge < -0.3 is 0 Å². The SMILES string of the molecule is NNC(Cc1ccc(Br)cc1F)C1CC2CC2C1. The molecule has 2 fully saturated rings. The van der Waals surface area contributed by atoms with Gasteiger partial charge in [-0.15, -0.1) is 0 Å². The van der Waals surface area contributed by atoms with Gasteiger partial charge in [0.15, 0.2) is 0 Å². The lowest BCUT2D eigenvalue weighted by atomic mass is 9.90. The lowest BCUT2D eigenvalue weighted by Crippen LogP contribution is -2.42. The zero-order chi connectivity index (χ0) is 12.7. The van der Waals surface area contributed by atoms with Crippen LogP contribution in [0.15, 0.2) is 22.7 Å². The van der Waals surface area contributed by atoms with E-state index in [-0.39, 0.29) is 11.9 Å². The van der Waals surface area contributed by atoms with Gasteiger partial charge in [-0.1, -0.05) is 22.0 Å². The van der Waals surface area contributed by atoms with E-state index in [0.717, 1.165) is 21.9 Å². The first-order chi connectivity index (χ1) is 8.67. The normalized spacial score (nSPS) is 31.2. The second-order valence-corrected chi connectivity index (χ2v) is 6.62. The summed E-state index contributed by atoms with van der Waals surface area (Å²) < 4.78 is 14.6. The average Bonchev–Trinajstić information content (AvgIpc) is 2.95. The number of hydrogen-bond donors (Lipinski definition) is 2. The standard InChI is InChI=1S/C14H18BrFN2/c15-12-2-1-8(13(16)7-12)6-14(18-17)11-4-9-3-10(9)5-11/h1-2,7,9-11,14,18H,3-6,17H2. The Morgan fingerprint density at radius 1 is 1.33 bits per heavy atom. The van der Waals surface area contributed by atoms with Crippen LogP contribution in [0.25, 0.3) is 0 Å². The van der Waals surface area contributed by atoms with Gasteiger partial charge in [-0.25, -0.2) is 4.39 Å². The lowest BCUT2D eigenvalue weighted by molar-refractivity contribution is 0.333. The number of hydrazine groups is 1. The van der Waals surface area contributed by atoms with Gasteiger partial charge in [-0.2, -0.15) is 0 Å². The molecule has 2 aliphatic carbocycles. The number of fused-ring (bicyclic) bond motifs is 1. The molecule has 4 heteroatoms. The molecule has 2 saturated carbocycles. The molecule has 3 N–H and O–H groups in total. The molecule has 0 aliphatic heterocycles. The van der Waals surface area contributed by atoms with Gasteiger partial charge in [0, 0.05) is 10.5 Å². The number of halogens is 2.